The molecular formula is C47H47N5O9. The van der Waals surface area contributed by atoms with Crippen LogP contribution in [0.2, 0.25) is 0 Å². The van der Waals surface area contributed by atoms with E-state index < -0.39 is 24.3 Å². The van der Waals surface area contributed by atoms with Crippen LogP contribution in [0.1, 0.15) is 53.1 Å². The van der Waals surface area contributed by atoms with Crippen molar-refractivity contribution >= 4 is 29.3 Å². The number of nitro groups is 1. The maximum absolute atomic E-state index is 13.2. The third-order valence-electron chi connectivity index (χ3n) is 11.4. The number of nitrogens with one attached hydrogen (secondary N) is 1. The van der Waals surface area contributed by atoms with Crippen molar-refractivity contribution in [1.29, 1.82) is 0 Å². The highest BCUT2D eigenvalue weighted by atomic mass is 16.7. The van der Waals surface area contributed by atoms with E-state index in [4.69, 9.17) is 14.2 Å². The van der Waals surface area contributed by atoms with Crippen molar-refractivity contribution in [3.8, 4) is 11.1 Å². The minimum absolute atomic E-state index is 0.0400. The number of imide groups is 1. The van der Waals surface area contributed by atoms with Gasteiger partial charge in [-0.1, -0.05) is 97.1 Å². The molecule has 4 atom stereocenters. The van der Waals surface area contributed by atoms with Gasteiger partial charge in [0.1, 0.15) is 12.6 Å². The zero-order valence-electron chi connectivity index (χ0n) is 33.5. The number of aliphatic hydroxyl groups excluding tert-OH is 1. The largest absolute Gasteiger partial charge is 0.445 e. The Bertz CT molecular complexity index is 2320. The van der Waals surface area contributed by atoms with Gasteiger partial charge < -0.3 is 29.5 Å². The summed E-state index contributed by atoms with van der Waals surface area (Å²) in [6, 6.07) is 38.4. The highest BCUT2D eigenvalue weighted by Crippen LogP contribution is 2.39. The summed E-state index contributed by atoms with van der Waals surface area (Å²) in [5, 5.41) is 23.3. The number of aliphatic hydroxyl groups is 1. The molecule has 3 saturated heterocycles. The number of alkyl carbamates (subject to hydrolysis) is 1. The molecule has 0 saturated carbocycles. The molecule has 314 valence electrons. The normalized spacial score (nSPS) is 20.7. The molecule has 5 aromatic rings. The second-order valence-corrected chi connectivity index (χ2v) is 15.5. The summed E-state index contributed by atoms with van der Waals surface area (Å²) < 4.78 is 18.5. The molecule has 5 aromatic carbocycles. The molecule has 4 unspecified atom stereocenters. The second kappa shape index (κ2) is 18.9. The minimum Gasteiger partial charge on any atom is -0.445 e. The number of carbonyl (C=O) groups is 3. The molecule has 14 heteroatoms. The third kappa shape index (κ3) is 10.1. The van der Waals surface area contributed by atoms with Crippen LogP contribution < -0.4 is 10.2 Å². The lowest BCUT2D eigenvalue weighted by molar-refractivity contribution is -0.384. The fourth-order valence-corrected chi connectivity index (χ4v) is 8.03. The summed E-state index contributed by atoms with van der Waals surface area (Å²) in [6.07, 6.45) is -1.24. The maximum Gasteiger partial charge on any atom is 0.408 e. The highest BCUT2D eigenvalue weighted by Gasteiger charge is 2.40. The summed E-state index contributed by atoms with van der Waals surface area (Å²) in [5.41, 5.74) is 7.14. The zero-order valence-corrected chi connectivity index (χ0v) is 33.5. The second-order valence-electron chi connectivity index (χ2n) is 15.5. The molecule has 2 N–H and O–H groups in total. The van der Waals surface area contributed by atoms with Crippen LogP contribution in [0.15, 0.2) is 127 Å². The number of ether oxygens (including phenoxy) is 3. The van der Waals surface area contributed by atoms with Crippen LogP contribution in [-0.4, -0.2) is 82.6 Å². The van der Waals surface area contributed by atoms with Gasteiger partial charge >= 0.3 is 6.09 Å². The lowest BCUT2D eigenvalue weighted by atomic mass is 9.98. The summed E-state index contributed by atoms with van der Waals surface area (Å²) in [7, 11) is 0. The lowest BCUT2D eigenvalue weighted by Crippen LogP contribution is -2.49. The fraction of sp³-hybridized carbons (Fsp3) is 0.298. The van der Waals surface area contributed by atoms with Gasteiger partial charge in [0.15, 0.2) is 6.29 Å². The molecule has 3 aliphatic rings. The number of hydrogen-bond acceptors (Lipinski definition) is 11. The molecule has 0 aliphatic carbocycles. The van der Waals surface area contributed by atoms with Crippen molar-refractivity contribution in [2.45, 2.75) is 57.1 Å². The van der Waals surface area contributed by atoms with E-state index in [9.17, 15) is 29.6 Å². The molecule has 0 bridgehead atoms. The topological polar surface area (TPSA) is 164 Å². The summed E-state index contributed by atoms with van der Waals surface area (Å²) in [5.74, 6) is -0.847. The van der Waals surface area contributed by atoms with Crippen LogP contribution in [0.25, 0.3) is 11.1 Å². The van der Waals surface area contributed by atoms with Crippen LogP contribution in [-0.2, 0) is 43.6 Å². The number of nitro benzene ring substituents is 1. The van der Waals surface area contributed by atoms with Crippen LogP contribution in [0, 0.1) is 10.1 Å². The Balaban J connectivity index is 0.902. The quantitative estimate of drug-likeness (QED) is 0.0740. The molecule has 14 nitrogen and oxygen atoms in total. The Labute approximate surface area is 353 Å². The Morgan fingerprint density at radius 2 is 1.49 bits per heavy atom. The van der Waals surface area contributed by atoms with Gasteiger partial charge in [-0.05, 0) is 51.6 Å². The fourth-order valence-electron chi connectivity index (χ4n) is 8.03. The number of piperazine rings is 1. The number of hydrogen-bond donors (Lipinski definition) is 2. The SMILES string of the molecule is O=C(NC1CC(=O)N(Cc2cccc(-c3ccc(C4OC(CN5CCN(c6ccc([N+](=O)[O-])cc6)CC5)CC(c5ccc(CO)cc5)O4)cc3)c2)C1=O)OCc1ccccc1. The van der Waals surface area contributed by atoms with Crippen molar-refractivity contribution < 1.29 is 38.6 Å². The number of non-ortho nitro benzene ring substituents is 1. The molecule has 61 heavy (non-hydrogen) atoms. The summed E-state index contributed by atoms with van der Waals surface area (Å²) in [6.45, 7) is 3.99. The monoisotopic (exact) mass is 825 g/mol. The first-order valence-corrected chi connectivity index (χ1v) is 20.4. The minimum atomic E-state index is -0.991. The van der Waals surface area contributed by atoms with E-state index in [1.807, 2.05) is 103 Å². The first-order chi connectivity index (χ1) is 29.7. The number of anilines is 1. The van der Waals surface area contributed by atoms with Crippen molar-refractivity contribution in [1.82, 2.24) is 15.1 Å². The van der Waals surface area contributed by atoms with Crippen LogP contribution in [0.4, 0.5) is 16.2 Å². The van der Waals surface area contributed by atoms with Crippen LogP contribution >= 0.6 is 0 Å². The van der Waals surface area contributed by atoms with E-state index in [0.29, 0.717) is 13.0 Å². The van der Waals surface area contributed by atoms with E-state index in [0.717, 1.165) is 70.8 Å². The molecule has 8 rings (SSSR count). The average Bonchev–Trinajstić information content (AvgIpc) is 3.55. The Morgan fingerprint density at radius 1 is 0.787 bits per heavy atom. The molecule has 3 aliphatic heterocycles. The Hall–Kier alpha value is -6.45. The molecule has 3 heterocycles. The first-order valence-electron chi connectivity index (χ1n) is 20.4. The lowest BCUT2D eigenvalue weighted by Gasteiger charge is -2.41. The van der Waals surface area contributed by atoms with E-state index >= 15 is 0 Å². The van der Waals surface area contributed by atoms with E-state index in [1.54, 1.807) is 24.3 Å². The molecule has 0 spiro atoms. The third-order valence-corrected chi connectivity index (χ3v) is 11.4. The average molecular weight is 826 g/mol. The molecule has 3 amide bonds. The number of amides is 3. The predicted octanol–water partition coefficient (Wildman–Crippen LogP) is 6.68. The number of carbonyl (C=O) groups excluding carboxylic acids is 3. The van der Waals surface area contributed by atoms with Crippen molar-refractivity contribution in [2.75, 3.05) is 37.6 Å². The highest BCUT2D eigenvalue weighted by molar-refractivity contribution is 6.06. The summed E-state index contributed by atoms with van der Waals surface area (Å²) >= 11 is 0. The maximum atomic E-state index is 13.2. The van der Waals surface area contributed by atoms with E-state index in [2.05, 4.69) is 15.1 Å². The molecule has 3 fully saturated rings. The Kier molecular flexibility index (Phi) is 12.8. The van der Waals surface area contributed by atoms with Crippen LogP contribution in [0.5, 0.6) is 0 Å². The first kappa shape index (κ1) is 41.3. The zero-order chi connectivity index (χ0) is 42.3. The smallest absolute Gasteiger partial charge is 0.408 e. The van der Waals surface area contributed by atoms with Gasteiger partial charge in [0.2, 0.25) is 5.91 Å². The number of benzene rings is 5. The van der Waals surface area contributed by atoms with E-state index in [-0.39, 0.29) is 54.9 Å². The molecular weight excluding hydrogens is 779 g/mol. The number of likely N-dealkylation sites (tertiary alicyclic amines) is 1. The van der Waals surface area contributed by atoms with Gasteiger partial charge in [0, 0.05) is 62.5 Å². The van der Waals surface area contributed by atoms with Gasteiger partial charge in [-0.3, -0.25) is 29.5 Å². The number of rotatable bonds is 13. The Morgan fingerprint density at radius 3 is 2.20 bits per heavy atom. The summed E-state index contributed by atoms with van der Waals surface area (Å²) in [4.78, 5) is 55.1. The standard InChI is InChI=1S/C47H47N5O9/c53-30-32-9-11-36(12-10-32)43-26-41(29-49-21-23-50(24-22-49)39-17-19-40(20-18-39)52(57)58)60-46(61-43)37-15-13-35(14-16-37)38-8-4-7-34(25-38)28-51-44(54)27-42(45(51)55)48-47(56)59-31-33-5-2-1-3-6-33/h1-20,25,41-43,46,53H,21-24,26-31H2,(H,48,56). The van der Waals surface area contributed by atoms with Crippen LogP contribution in [0.3, 0.4) is 0 Å². The van der Waals surface area contributed by atoms with Crippen molar-refractivity contribution in [3.05, 3.63) is 165 Å². The van der Waals surface area contributed by atoms with Gasteiger partial charge in [-0.15, -0.1) is 0 Å². The van der Waals surface area contributed by atoms with Gasteiger partial charge in [-0.25, -0.2) is 4.79 Å². The predicted molar refractivity (Wildman–Crippen MR) is 226 cm³/mol. The number of nitrogens with zero attached hydrogens (tertiary/aromatic N) is 4. The molecule has 0 aromatic heterocycles. The van der Waals surface area contributed by atoms with Gasteiger partial charge in [-0.2, -0.15) is 0 Å². The van der Waals surface area contributed by atoms with Gasteiger partial charge in [0.05, 0.1) is 36.7 Å². The van der Waals surface area contributed by atoms with E-state index in [1.165, 1.54) is 4.90 Å². The van der Waals surface area contributed by atoms with Crippen molar-refractivity contribution in [2.24, 2.45) is 0 Å². The molecule has 0 radical (unpaired) electrons. The van der Waals surface area contributed by atoms with Gasteiger partial charge in [0.25, 0.3) is 11.6 Å². The van der Waals surface area contributed by atoms with Crippen molar-refractivity contribution in [3.63, 3.8) is 0 Å².